The van der Waals surface area contributed by atoms with E-state index in [1.165, 1.54) is 171 Å². The highest BCUT2D eigenvalue weighted by atomic mass is 32.1. The number of anilines is 8. The molecule has 8 aromatic rings. The third-order valence-electron chi connectivity index (χ3n) is 23.8. The fourth-order valence-electron chi connectivity index (χ4n) is 18.6. The SMILES string of the molecule is Cc1cc2c(cc1N1c3cc4c(cc3B3c5cc6c(cc5N(c5cccc7sc8ccccc8c57)c5cc(N7c8ccc(C(C)(C)C)cc8C8(C)CCCCC78C)cc1c53)C(C)(C)CCC6(C)C)C(C)(C)CCC4(C)C)C(C)(C)CC2(C)C. The normalized spacial score (nSPS) is 24.2. The number of hydrogen-bond acceptors (Lipinski definition) is 4. The van der Waals surface area contributed by atoms with Crippen LogP contribution in [0.2, 0.25) is 0 Å². The summed E-state index contributed by atoms with van der Waals surface area (Å²) in [6, 6.07) is 45.8. The summed E-state index contributed by atoms with van der Waals surface area (Å²) in [5, 5.41) is 2.69. The summed E-state index contributed by atoms with van der Waals surface area (Å²) in [5.41, 5.74) is 28.4. The van der Waals surface area contributed by atoms with E-state index in [-0.39, 0.29) is 55.6 Å². The van der Waals surface area contributed by atoms with Gasteiger partial charge in [0.05, 0.1) is 11.2 Å². The molecule has 15 rings (SSSR count). The van der Waals surface area contributed by atoms with E-state index in [1.54, 1.807) is 0 Å². The summed E-state index contributed by atoms with van der Waals surface area (Å²) in [6.45, 7) is 45.1. The first-order valence-electron chi connectivity index (χ1n) is 32.0. The molecule has 0 spiro atoms. The Labute approximate surface area is 502 Å². The minimum Gasteiger partial charge on any atom is -0.334 e. The van der Waals surface area contributed by atoms with Gasteiger partial charge in [-0.1, -0.05) is 178 Å². The number of hydrogen-bond donors (Lipinski definition) is 0. The summed E-state index contributed by atoms with van der Waals surface area (Å²) < 4.78 is 2.68. The smallest absolute Gasteiger partial charge is 0.252 e. The molecule has 4 heterocycles. The lowest BCUT2D eigenvalue weighted by Gasteiger charge is -2.52. The lowest BCUT2D eigenvalue weighted by atomic mass is 9.32. The maximum atomic E-state index is 2.90. The zero-order valence-corrected chi connectivity index (χ0v) is 54.4. The van der Waals surface area contributed by atoms with Gasteiger partial charge in [-0.3, -0.25) is 0 Å². The van der Waals surface area contributed by atoms with Gasteiger partial charge in [-0.15, -0.1) is 11.3 Å². The summed E-state index contributed by atoms with van der Waals surface area (Å²) >= 11 is 1.94. The van der Waals surface area contributed by atoms with Crippen molar-refractivity contribution in [2.75, 3.05) is 14.7 Å². The van der Waals surface area contributed by atoms with Gasteiger partial charge in [-0.25, -0.2) is 0 Å². The molecule has 2 atom stereocenters. The average Bonchev–Trinajstić information content (AvgIpc) is 1.66. The Morgan fingerprint density at radius 2 is 0.940 bits per heavy atom. The monoisotopic (exact) mass is 1110 g/mol. The fourth-order valence-corrected chi connectivity index (χ4v) is 19.8. The minimum absolute atomic E-state index is 0.00845. The van der Waals surface area contributed by atoms with Crippen LogP contribution in [0.5, 0.6) is 0 Å². The Hall–Kier alpha value is -5.78. The largest absolute Gasteiger partial charge is 0.334 e. The summed E-state index contributed by atoms with van der Waals surface area (Å²) in [7, 11) is 0. The Morgan fingerprint density at radius 3 is 1.53 bits per heavy atom. The maximum Gasteiger partial charge on any atom is 0.252 e. The van der Waals surface area contributed by atoms with Crippen molar-refractivity contribution in [2.45, 2.75) is 231 Å². The second-order valence-corrected chi connectivity index (χ2v) is 34.0. The van der Waals surface area contributed by atoms with Gasteiger partial charge in [-0.2, -0.15) is 0 Å². The molecular weight excluding hydrogens is 1020 g/mol. The van der Waals surface area contributed by atoms with E-state index in [2.05, 4.69) is 249 Å². The van der Waals surface area contributed by atoms with Crippen LogP contribution in [0, 0.1) is 6.92 Å². The number of fused-ring (bicyclic) bond motifs is 13. The van der Waals surface area contributed by atoms with E-state index < -0.39 is 0 Å². The molecule has 0 N–H and O–H groups in total. The predicted octanol–water partition coefficient (Wildman–Crippen LogP) is 20.1. The van der Waals surface area contributed by atoms with Crippen LogP contribution in [0.15, 0.2) is 109 Å². The number of thiophene rings is 1. The highest BCUT2D eigenvalue weighted by molar-refractivity contribution is 7.26. The second-order valence-electron chi connectivity index (χ2n) is 33.0. The van der Waals surface area contributed by atoms with Crippen molar-refractivity contribution in [3.05, 3.63) is 159 Å². The van der Waals surface area contributed by atoms with Gasteiger partial charge in [0.2, 0.25) is 0 Å². The van der Waals surface area contributed by atoms with Gasteiger partial charge in [0, 0.05) is 65.4 Å². The van der Waals surface area contributed by atoms with Gasteiger partial charge >= 0.3 is 0 Å². The number of benzene rings is 7. The molecule has 1 aromatic heterocycles. The molecule has 0 radical (unpaired) electrons. The van der Waals surface area contributed by atoms with Crippen molar-refractivity contribution in [3.8, 4) is 0 Å². The first kappa shape index (κ1) is 53.9. The maximum absolute atomic E-state index is 2.90. The quantitative estimate of drug-likeness (QED) is 0.163. The first-order chi connectivity index (χ1) is 38.9. The number of aryl methyl sites for hydroxylation is 1. The molecule has 0 bridgehead atoms. The molecule has 2 unspecified atom stereocenters. The Morgan fingerprint density at radius 1 is 0.434 bits per heavy atom. The Balaban J connectivity index is 1.14. The van der Waals surface area contributed by atoms with Gasteiger partial charge in [-0.05, 0) is 218 Å². The number of nitrogens with zero attached hydrogens (tertiary/aromatic N) is 3. The molecule has 7 aliphatic rings. The van der Waals surface area contributed by atoms with E-state index in [0.717, 1.165) is 19.3 Å². The predicted molar refractivity (Wildman–Crippen MR) is 361 cm³/mol. The van der Waals surface area contributed by atoms with Gasteiger partial charge in [0.15, 0.2) is 0 Å². The third-order valence-corrected chi connectivity index (χ3v) is 24.9. The highest BCUT2D eigenvalue weighted by Gasteiger charge is 2.59. The van der Waals surface area contributed by atoms with Crippen molar-refractivity contribution in [3.63, 3.8) is 0 Å². The van der Waals surface area contributed by atoms with Crippen LogP contribution in [-0.4, -0.2) is 12.3 Å². The molecule has 1 fully saturated rings. The van der Waals surface area contributed by atoms with Crippen LogP contribution in [-0.2, 0) is 43.3 Å². The Bertz CT molecular complexity index is 4150. The molecule has 4 aliphatic carbocycles. The van der Waals surface area contributed by atoms with Crippen LogP contribution in [0.25, 0.3) is 20.2 Å². The zero-order chi connectivity index (χ0) is 58.5. The average molecular weight is 1110 g/mol. The van der Waals surface area contributed by atoms with Crippen LogP contribution in [0.3, 0.4) is 0 Å². The first-order valence-corrected chi connectivity index (χ1v) is 32.9. The molecule has 1 saturated carbocycles. The number of rotatable bonds is 3. The zero-order valence-electron chi connectivity index (χ0n) is 53.6. The van der Waals surface area contributed by atoms with Gasteiger partial charge in [0.1, 0.15) is 0 Å². The standard InChI is InChI=1S/C78H90BN3S/c1-46-36-50-55(76(15,16)45-75(50,13)14)42-61(46)81-63-44-54-52(72(7,8)33-35-74(54,11)12)41-58(63)79-57-40-51-53(73(9,10)34-32-71(51,5)6)43-62(57)80(60-25-23-27-67-68(60)49-24-19-20-26-66(49)83-67)64-38-48(39-65(81)69(64)79)82-59-29-28-47(70(2,3)4)37-56(59)77(17)30-21-22-31-78(77,82)18/h19-20,23-29,36-44H,21-22,30-35,45H2,1-18H3. The molecular formula is C78H90BN3S. The molecule has 3 aliphatic heterocycles. The van der Waals surface area contributed by atoms with E-state index in [9.17, 15) is 0 Å². The van der Waals surface area contributed by atoms with Crippen molar-refractivity contribution in [2.24, 2.45) is 0 Å². The van der Waals surface area contributed by atoms with Crippen molar-refractivity contribution >= 4 is 100 Å². The van der Waals surface area contributed by atoms with E-state index >= 15 is 0 Å². The summed E-state index contributed by atoms with van der Waals surface area (Å²) in [6.07, 6.45) is 10.6. The van der Waals surface area contributed by atoms with E-state index in [1.807, 2.05) is 11.3 Å². The van der Waals surface area contributed by atoms with Gasteiger partial charge in [0.25, 0.3) is 6.71 Å². The Kier molecular flexibility index (Phi) is 10.9. The van der Waals surface area contributed by atoms with Crippen molar-refractivity contribution in [1.82, 2.24) is 0 Å². The molecule has 83 heavy (non-hydrogen) atoms. The van der Waals surface area contributed by atoms with Crippen LogP contribution < -0.4 is 31.1 Å². The second kappa shape index (κ2) is 16.8. The molecule has 7 aromatic carbocycles. The van der Waals surface area contributed by atoms with Crippen LogP contribution in [0.1, 0.15) is 226 Å². The third kappa shape index (κ3) is 7.28. The van der Waals surface area contributed by atoms with Gasteiger partial charge < -0.3 is 14.7 Å². The lowest BCUT2D eigenvalue weighted by molar-refractivity contribution is 0.195. The van der Waals surface area contributed by atoms with Crippen molar-refractivity contribution in [1.29, 1.82) is 0 Å². The lowest BCUT2D eigenvalue weighted by Crippen LogP contribution is -2.62. The van der Waals surface area contributed by atoms with E-state index in [0.29, 0.717) is 0 Å². The van der Waals surface area contributed by atoms with E-state index in [4.69, 9.17) is 0 Å². The molecule has 5 heteroatoms. The topological polar surface area (TPSA) is 9.72 Å². The van der Waals surface area contributed by atoms with Crippen LogP contribution in [0.4, 0.5) is 45.5 Å². The minimum atomic E-state index is -0.161. The van der Waals surface area contributed by atoms with Crippen molar-refractivity contribution < 1.29 is 0 Å². The molecule has 0 amide bonds. The molecule has 426 valence electrons. The fraction of sp³-hybridized carbons (Fsp3) is 0.462. The summed E-state index contributed by atoms with van der Waals surface area (Å²) in [5.74, 6) is 0. The highest BCUT2D eigenvalue weighted by Crippen LogP contribution is 2.64. The van der Waals surface area contributed by atoms with Crippen LogP contribution >= 0.6 is 11.3 Å². The molecule has 3 nitrogen and oxygen atoms in total. The summed E-state index contributed by atoms with van der Waals surface area (Å²) in [4.78, 5) is 8.58. The molecule has 0 saturated heterocycles.